The zero-order valence-corrected chi connectivity index (χ0v) is 10.3. The minimum Gasteiger partial charge on any atom is -0.397 e. The standard InChI is InChI=1S/C12H19FN4/c1-9-7-12(11(14)8-10(9)13)15-17-5-3-16(2)4-6-17/h7-8,15H,3-6,14H2,1-2H3. The molecular formula is C12H19FN4. The van der Waals surface area contributed by atoms with Gasteiger partial charge in [-0.1, -0.05) is 0 Å². The molecule has 0 aliphatic carbocycles. The van der Waals surface area contributed by atoms with E-state index < -0.39 is 0 Å². The first-order valence-corrected chi connectivity index (χ1v) is 5.82. The van der Waals surface area contributed by atoms with Crippen LogP contribution in [-0.2, 0) is 0 Å². The molecule has 1 aromatic rings. The minimum atomic E-state index is -0.258. The third-order valence-corrected chi connectivity index (χ3v) is 3.11. The van der Waals surface area contributed by atoms with Gasteiger partial charge in [-0.3, -0.25) is 0 Å². The van der Waals surface area contributed by atoms with Crippen molar-refractivity contribution in [1.82, 2.24) is 9.91 Å². The number of benzene rings is 1. The van der Waals surface area contributed by atoms with E-state index in [1.807, 2.05) is 0 Å². The molecule has 1 fully saturated rings. The van der Waals surface area contributed by atoms with Gasteiger partial charge < -0.3 is 16.1 Å². The quantitative estimate of drug-likeness (QED) is 0.762. The Morgan fingerprint density at radius 2 is 1.88 bits per heavy atom. The van der Waals surface area contributed by atoms with Crippen LogP contribution in [-0.4, -0.2) is 43.1 Å². The summed E-state index contributed by atoms with van der Waals surface area (Å²) in [4.78, 5) is 2.28. The van der Waals surface area contributed by atoms with Gasteiger partial charge in [0.2, 0.25) is 0 Å². The molecule has 0 spiro atoms. The van der Waals surface area contributed by atoms with E-state index in [4.69, 9.17) is 5.73 Å². The summed E-state index contributed by atoms with van der Waals surface area (Å²) in [5.41, 5.74) is 10.9. The Bertz CT molecular complexity index is 400. The Morgan fingerprint density at radius 3 is 2.53 bits per heavy atom. The molecule has 17 heavy (non-hydrogen) atoms. The second-order valence-corrected chi connectivity index (χ2v) is 4.59. The highest BCUT2D eigenvalue weighted by Gasteiger charge is 2.14. The largest absolute Gasteiger partial charge is 0.397 e. The first-order chi connectivity index (χ1) is 8.06. The summed E-state index contributed by atoms with van der Waals surface area (Å²) in [5.74, 6) is -0.258. The average Bonchev–Trinajstić information content (AvgIpc) is 2.29. The molecule has 1 aliphatic rings. The number of rotatable bonds is 2. The van der Waals surface area contributed by atoms with E-state index in [1.54, 1.807) is 13.0 Å². The molecule has 1 aromatic carbocycles. The van der Waals surface area contributed by atoms with Crippen LogP contribution < -0.4 is 11.2 Å². The van der Waals surface area contributed by atoms with E-state index in [0.717, 1.165) is 31.9 Å². The number of anilines is 2. The summed E-state index contributed by atoms with van der Waals surface area (Å²) >= 11 is 0. The van der Waals surface area contributed by atoms with Crippen molar-refractivity contribution in [2.75, 3.05) is 44.4 Å². The summed E-state index contributed by atoms with van der Waals surface area (Å²) in [5, 5.41) is 2.11. The number of nitrogen functional groups attached to an aromatic ring is 1. The second kappa shape index (κ2) is 4.89. The number of nitrogens with two attached hydrogens (primary N) is 1. The van der Waals surface area contributed by atoms with Crippen LogP contribution in [0.15, 0.2) is 12.1 Å². The molecule has 1 saturated heterocycles. The van der Waals surface area contributed by atoms with Crippen molar-refractivity contribution in [3.8, 4) is 0 Å². The van der Waals surface area contributed by atoms with E-state index >= 15 is 0 Å². The van der Waals surface area contributed by atoms with Crippen molar-refractivity contribution in [3.63, 3.8) is 0 Å². The van der Waals surface area contributed by atoms with Crippen molar-refractivity contribution < 1.29 is 4.39 Å². The lowest BCUT2D eigenvalue weighted by molar-refractivity contribution is 0.179. The molecule has 0 unspecified atom stereocenters. The predicted octanol–water partition coefficient (Wildman–Crippen LogP) is 1.29. The van der Waals surface area contributed by atoms with E-state index in [0.29, 0.717) is 11.3 Å². The maximum atomic E-state index is 13.3. The first kappa shape index (κ1) is 12.1. The molecule has 3 N–H and O–H groups in total. The number of hydrogen-bond acceptors (Lipinski definition) is 4. The van der Waals surface area contributed by atoms with Gasteiger partial charge in [-0.05, 0) is 31.7 Å². The topological polar surface area (TPSA) is 44.5 Å². The molecule has 1 heterocycles. The number of likely N-dealkylation sites (N-methyl/N-ethyl adjacent to an activating group) is 1. The molecule has 1 aliphatic heterocycles. The number of aryl methyl sites for hydroxylation is 1. The van der Waals surface area contributed by atoms with E-state index in [-0.39, 0.29) is 5.82 Å². The summed E-state index contributed by atoms with van der Waals surface area (Å²) in [7, 11) is 2.10. The van der Waals surface area contributed by atoms with Gasteiger partial charge >= 0.3 is 0 Å². The molecule has 5 heteroatoms. The fourth-order valence-corrected chi connectivity index (χ4v) is 1.88. The number of halogens is 1. The number of hydrazine groups is 1. The Balaban J connectivity index is 2.06. The van der Waals surface area contributed by atoms with Gasteiger partial charge in [-0.25, -0.2) is 9.40 Å². The number of nitrogens with one attached hydrogen (secondary N) is 1. The Kier molecular flexibility index (Phi) is 3.49. The summed E-state index contributed by atoms with van der Waals surface area (Å²) < 4.78 is 13.3. The molecule has 0 atom stereocenters. The average molecular weight is 238 g/mol. The van der Waals surface area contributed by atoms with Gasteiger partial charge in [0.1, 0.15) is 5.82 Å². The van der Waals surface area contributed by atoms with Crippen LogP contribution in [0.25, 0.3) is 0 Å². The molecule has 0 aromatic heterocycles. The van der Waals surface area contributed by atoms with E-state index in [1.165, 1.54) is 6.07 Å². The predicted molar refractivity (Wildman–Crippen MR) is 68.2 cm³/mol. The second-order valence-electron chi connectivity index (χ2n) is 4.59. The molecule has 0 bridgehead atoms. The molecule has 0 saturated carbocycles. The van der Waals surface area contributed by atoms with Crippen molar-refractivity contribution in [1.29, 1.82) is 0 Å². The Hall–Kier alpha value is -1.33. The summed E-state index contributed by atoms with van der Waals surface area (Å²) in [6.45, 7) is 5.66. The Labute approximate surface area is 101 Å². The van der Waals surface area contributed by atoms with Crippen LogP contribution in [0.1, 0.15) is 5.56 Å². The highest BCUT2D eigenvalue weighted by Crippen LogP contribution is 2.23. The Morgan fingerprint density at radius 1 is 1.24 bits per heavy atom. The van der Waals surface area contributed by atoms with Gasteiger partial charge in [-0.15, -0.1) is 0 Å². The zero-order valence-electron chi connectivity index (χ0n) is 10.3. The first-order valence-electron chi connectivity index (χ1n) is 5.82. The lowest BCUT2D eigenvalue weighted by Crippen LogP contribution is -2.47. The van der Waals surface area contributed by atoms with Crippen molar-refractivity contribution in [2.45, 2.75) is 6.92 Å². The van der Waals surface area contributed by atoms with Crippen LogP contribution in [0, 0.1) is 12.7 Å². The van der Waals surface area contributed by atoms with Crippen LogP contribution >= 0.6 is 0 Å². The van der Waals surface area contributed by atoms with Gasteiger partial charge in [0, 0.05) is 26.2 Å². The molecular weight excluding hydrogens is 219 g/mol. The van der Waals surface area contributed by atoms with Crippen molar-refractivity contribution in [3.05, 3.63) is 23.5 Å². The van der Waals surface area contributed by atoms with E-state index in [2.05, 4.69) is 22.4 Å². The minimum absolute atomic E-state index is 0.258. The van der Waals surface area contributed by atoms with Gasteiger partial charge in [0.15, 0.2) is 0 Å². The fourth-order valence-electron chi connectivity index (χ4n) is 1.88. The number of piperazine rings is 1. The van der Waals surface area contributed by atoms with Crippen LogP contribution in [0.5, 0.6) is 0 Å². The fraction of sp³-hybridized carbons (Fsp3) is 0.500. The summed E-state index contributed by atoms with van der Waals surface area (Å²) in [6, 6.07) is 3.12. The van der Waals surface area contributed by atoms with Crippen molar-refractivity contribution >= 4 is 11.4 Å². The number of nitrogens with zero attached hydrogens (tertiary/aromatic N) is 2. The third-order valence-electron chi connectivity index (χ3n) is 3.11. The molecule has 0 amide bonds. The van der Waals surface area contributed by atoms with E-state index in [9.17, 15) is 4.39 Å². The van der Waals surface area contributed by atoms with Gasteiger partial charge in [0.05, 0.1) is 11.4 Å². The van der Waals surface area contributed by atoms with Crippen LogP contribution in [0.3, 0.4) is 0 Å². The van der Waals surface area contributed by atoms with Crippen molar-refractivity contribution in [2.24, 2.45) is 0 Å². The molecule has 4 nitrogen and oxygen atoms in total. The lowest BCUT2D eigenvalue weighted by atomic mass is 10.2. The smallest absolute Gasteiger partial charge is 0.128 e. The zero-order chi connectivity index (χ0) is 12.4. The SMILES string of the molecule is Cc1cc(NN2CCN(C)CC2)c(N)cc1F. The monoisotopic (exact) mass is 238 g/mol. The molecule has 0 radical (unpaired) electrons. The maximum Gasteiger partial charge on any atom is 0.128 e. The van der Waals surface area contributed by atoms with Crippen LogP contribution in [0.2, 0.25) is 0 Å². The third kappa shape index (κ3) is 2.87. The normalized spacial score (nSPS) is 18.3. The number of hydrogen-bond donors (Lipinski definition) is 2. The van der Waals surface area contributed by atoms with Gasteiger partial charge in [0.25, 0.3) is 0 Å². The highest BCUT2D eigenvalue weighted by atomic mass is 19.1. The maximum absolute atomic E-state index is 13.3. The van der Waals surface area contributed by atoms with Crippen LogP contribution in [0.4, 0.5) is 15.8 Å². The summed E-state index contributed by atoms with van der Waals surface area (Å²) in [6.07, 6.45) is 0. The molecule has 2 rings (SSSR count). The lowest BCUT2D eigenvalue weighted by Gasteiger charge is -2.33. The molecule has 94 valence electrons. The van der Waals surface area contributed by atoms with Gasteiger partial charge in [-0.2, -0.15) is 0 Å². The highest BCUT2D eigenvalue weighted by molar-refractivity contribution is 5.66.